The monoisotopic (exact) mass is 475 g/mol. The molecule has 5 rings (SSSR count). The highest BCUT2D eigenvalue weighted by Gasteiger charge is 2.16. The van der Waals surface area contributed by atoms with Gasteiger partial charge in [-0.3, -0.25) is 4.79 Å². The van der Waals surface area contributed by atoms with Gasteiger partial charge in [-0.25, -0.2) is 0 Å². The molecule has 1 heterocycles. The van der Waals surface area contributed by atoms with Crippen LogP contribution in [0, 0.1) is 13.8 Å². The lowest BCUT2D eigenvalue weighted by atomic mass is 9.97. The Hall–Kier alpha value is -4.31. The van der Waals surface area contributed by atoms with Crippen LogP contribution in [0.25, 0.3) is 38.4 Å². The van der Waals surface area contributed by atoms with Gasteiger partial charge in [-0.05, 0) is 78.9 Å². The van der Waals surface area contributed by atoms with E-state index in [0.29, 0.717) is 12.4 Å². The minimum Gasteiger partial charge on any atom is -0.493 e. The van der Waals surface area contributed by atoms with Crippen molar-refractivity contribution in [1.82, 2.24) is 0 Å². The Balaban J connectivity index is 1.55. The molecule has 4 nitrogen and oxygen atoms in total. The molecule has 5 aromatic rings. The quantitative estimate of drug-likeness (QED) is 0.251. The number of ether oxygens (including phenoxy) is 1. The number of fused-ring (bicyclic) bond motifs is 2. The minimum atomic E-state index is -0.175. The van der Waals surface area contributed by atoms with Crippen molar-refractivity contribution in [3.8, 4) is 16.9 Å². The van der Waals surface area contributed by atoms with Crippen molar-refractivity contribution < 1.29 is 13.9 Å². The van der Waals surface area contributed by atoms with E-state index in [1.54, 1.807) is 12.3 Å². The van der Waals surface area contributed by atoms with Crippen LogP contribution in [0.1, 0.15) is 30.5 Å². The fourth-order valence-corrected chi connectivity index (χ4v) is 4.53. The molecule has 4 heteroatoms. The third-order valence-corrected chi connectivity index (χ3v) is 6.46. The van der Waals surface area contributed by atoms with Gasteiger partial charge in [-0.2, -0.15) is 0 Å². The average molecular weight is 476 g/mol. The van der Waals surface area contributed by atoms with E-state index in [1.165, 1.54) is 10.8 Å². The first-order chi connectivity index (χ1) is 17.4. The van der Waals surface area contributed by atoms with Gasteiger partial charge in [0, 0.05) is 34.3 Å². The molecule has 36 heavy (non-hydrogen) atoms. The first-order valence-electron chi connectivity index (χ1n) is 12.2. The number of nitrogens with one attached hydrogen (secondary N) is 1. The Bertz CT molecular complexity index is 1620. The predicted octanol–water partition coefficient (Wildman–Crippen LogP) is 8.31. The Kier molecular flexibility index (Phi) is 6.34. The number of rotatable bonds is 6. The first kappa shape index (κ1) is 23.4. The molecular weight excluding hydrogens is 446 g/mol. The maximum absolute atomic E-state index is 12.9. The fraction of sp³-hybridized carbons (Fsp3) is 0.156. The van der Waals surface area contributed by atoms with E-state index in [2.05, 4.69) is 41.7 Å². The van der Waals surface area contributed by atoms with E-state index in [0.717, 1.165) is 50.0 Å². The Morgan fingerprint density at radius 3 is 2.58 bits per heavy atom. The summed E-state index contributed by atoms with van der Waals surface area (Å²) in [5, 5.41) is 6.37. The van der Waals surface area contributed by atoms with Crippen LogP contribution in [-0.4, -0.2) is 12.5 Å². The second kappa shape index (κ2) is 9.74. The largest absolute Gasteiger partial charge is 0.493 e. The number of furan rings is 1. The van der Waals surface area contributed by atoms with Crippen molar-refractivity contribution >= 4 is 38.9 Å². The Labute approximate surface area is 211 Å². The van der Waals surface area contributed by atoms with Crippen LogP contribution in [0.5, 0.6) is 5.75 Å². The molecule has 0 aliphatic heterocycles. The zero-order chi connectivity index (χ0) is 25.2. The van der Waals surface area contributed by atoms with Crippen molar-refractivity contribution in [3.05, 3.63) is 102 Å². The molecule has 0 saturated carbocycles. The Morgan fingerprint density at radius 2 is 1.78 bits per heavy atom. The number of anilines is 1. The number of hydrogen-bond acceptors (Lipinski definition) is 3. The molecule has 0 atom stereocenters. The van der Waals surface area contributed by atoms with Crippen molar-refractivity contribution in [1.29, 1.82) is 0 Å². The van der Waals surface area contributed by atoms with Gasteiger partial charge in [-0.1, -0.05) is 48.5 Å². The molecule has 0 radical (unpaired) electrons. The van der Waals surface area contributed by atoms with Gasteiger partial charge in [-0.15, -0.1) is 0 Å². The van der Waals surface area contributed by atoms with Gasteiger partial charge in [0.25, 0.3) is 0 Å². The molecule has 0 unspecified atom stereocenters. The third-order valence-electron chi connectivity index (χ3n) is 6.46. The summed E-state index contributed by atoms with van der Waals surface area (Å²) < 4.78 is 11.9. The summed E-state index contributed by atoms with van der Waals surface area (Å²) in [5.74, 6) is 0.517. The van der Waals surface area contributed by atoms with Crippen LogP contribution in [-0.2, 0) is 4.79 Å². The maximum Gasteiger partial charge on any atom is 0.248 e. The molecule has 0 aliphatic carbocycles. The molecule has 0 aliphatic rings. The molecule has 180 valence electrons. The molecule has 4 aromatic carbocycles. The summed E-state index contributed by atoms with van der Waals surface area (Å²) in [5.41, 5.74) is 7.45. The van der Waals surface area contributed by atoms with E-state index in [9.17, 15) is 4.79 Å². The second-order valence-electron chi connectivity index (χ2n) is 9.12. The fourth-order valence-electron chi connectivity index (χ4n) is 4.53. The van der Waals surface area contributed by atoms with Gasteiger partial charge in [0.1, 0.15) is 11.3 Å². The number of amides is 1. The SMILES string of the molecule is CCOc1cc2occ(-c3ccc4ccccc4c3)c2cc1/C(C)=C/C(=O)Nc1cc(C)ccc1C. The highest BCUT2D eigenvalue weighted by Crippen LogP contribution is 2.38. The topological polar surface area (TPSA) is 51.5 Å². The van der Waals surface area contributed by atoms with E-state index in [4.69, 9.17) is 9.15 Å². The van der Waals surface area contributed by atoms with Gasteiger partial charge in [0.2, 0.25) is 5.91 Å². The van der Waals surface area contributed by atoms with E-state index >= 15 is 0 Å². The van der Waals surface area contributed by atoms with Crippen molar-refractivity contribution in [3.63, 3.8) is 0 Å². The molecular formula is C32H29NO3. The highest BCUT2D eigenvalue weighted by molar-refractivity contribution is 6.06. The average Bonchev–Trinajstić information content (AvgIpc) is 3.28. The van der Waals surface area contributed by atoms with Crippen molar-refractivity contribution in [2.24, 2.45) is 0 Å². The molecule has 1 N–H and O–H groups in total. The predicted molar refractivity (Wildman–Crippen MR) is 149 cm³/mol. The van der Waals surface area contributed by atoms with Crippen LogP contribution in [0.2, 0.25) is 0 Å². The lowest BCUT2D eigenvalue weighted by Gasteiger charge is -2.12. The van der Waals surface area contributed by atoms with Crippen molar-refractivity contribution in [2.75, 3.05) is 11.9 Å². The lowest BCUT2D eigenvalue weighted by Crippen LogP contribution is -2.10. The number of benzene rings is 4. The van der Waals surface area contributed by atoms with E-state index < -0.39 is 0 Å². The molecule has 0 saturated heterocycles. The van der Waals surface area contributed by atoms with Crippen LogP contribution < -0.4 is 10.1 Å². The van der Waals surface area contributed by atoms with Gasteiger partial charge >= 0.3 is 0 Å². The Morgan fingerprint density at radius 1 is 0.972 bits per heavy atom. The van der Waals surface area contributed by atoms with Crippen LogP contribution >= 0.6 is 0 Å². The summed E-state index contributed by atoms with van der Waals surface area (Å²) >= 11 is 0. The van der Waals surface area contributed by atoms with Gasteiger partial charge in [0.05, 0.1) is 12.9 Å². The van der Waals surface area contributed by atoms with Gasteiger partial charge in [0.15, 0.2) is 0 Å². The standard InChI is InChI=1S/C32H29NO3/c1-5-35-30-18-31-27(28(19-36-31)25-13-12-23-8-6-7-9-24(23)16-25)17-26(30)22(4)15-32(34)33-29-14-20(2)10-11-21(29)3/h6-19H,5H2,1-4H3,(H,33,34)/b22-15+. The zero-order valence-corrected chi connectivity index (χ0v) is 21.0. The number of carbonyl (C=O) groups is 1. The van der Waals surface area contributed by atoms with Gasteiger partial charge < -0.3 is 14.5 Å². The summed E-state index contributed by atoms with van der Waals surface area (Å²) in [6.45, 7) is 8.39. The summed E-state index contributed by atoms with van der Waals surface area (Å²) in [7, 11) is 0. The van der Waals surface area contributed by atoms with Crippen LogP contribution in [0.4, 0.5) is 5.69 Å². The molecule has 0 fully saturated rings. The molecule has 1 aromatic heterocycles. The summed E-state index contributed by atoms with van der Waals surface area (Å²) in [6, 6.07) is 24.7. The number of hydrogen-bond donors (Lipinski definition) is 1. The van der Waals surface area contributed by atoms with Crippen LogP contribution in [0.15, 0.2) is 89.6 Å². The zero-order valence-electron chi connectivity index (χ0n) is 21.0. The smallest absolute Gasteiger partial charge is 0.248 e. The minimum absolute atomic E-state index is 0.175. The van der Waals surface area contributed by atoms with Crippen LogP contribution in [0.3, 0.4) is 0 Å². The summed E-state index contributed by atoms with van der Waals surface area (Å²) in [6.07, 6.45) is 3.42. The van der Waals surface area contributed by atoms with E-state index in [-0.39, 0.29) is 5.91 Å². The second-order valence-corrected chi connectivity index (χ2v) is 9.12. The molecule has 0 spiro atoms. The summed E-state index contributed by atoms with van der Waals surface area (Å²) in [4.78, 5) is 12.9. The normalized spacial score (nSPS) is 11.7. The first-order valence-corrected chi connectivity index (χ1v) is 12.2. The van der Waals surface area contributed by atoms with E-state index in [1.807, 2.05) is 64.1 Å². The third kappa shape index (κ3) is 4.63. The van der Waals surface area contributed by atoms with Crippen molar-refractivity contribution in [2.45, 2.75) is 27.7 Å². The molecule has 1 amide bonds. The number of aryl methyl sites for hydroxylation is 2. The number of carbonyl (C=O) groups excluding carboxylic acids is 1. The molecule has 0 bridgehead atoms. The lowest BCUT2D eigenvalue weighted by molar-refractivity contribution is -0.111. The maximum atomic E-state index is 12.9. The highest BCUT2D eigenvalue weighted by atomic mass is 16.5. The number of allylic oxidation sites excluding steroid dienone is 1.